The highest BCUT2D eigenvalue weighted by molar-refractivity contribution is 6.27. The number of fused-ring (bicyclic) bond motifs is 2. The average Bonchev–Trinajstić information content (AvgIpc) is 2.94. The molecule has 0 spiro atoms. The Morgan fingerprint density at radius 3 is 2.17 bits per heavy atom. The molecule has 24 heavy (non-hydrogen) atoms. The van der Waals surface area contributed by atoms with Crippen molar-refractivity contribution in [1.29, 1.82) is 0 Å². The van der Waals surface area contributed by atoms with Crippen LogP contribution in [0, 0.1) is 0 Å². The number of carbonyl (C=O) groups is 1. The van der Waals surface area contributed by atoms with Crippen molar-refractivity contribution >= 4 is 16.7 Å². The zero-order valence-corrected chi connectivity index (χ0v) is 13.3. The molecule has 1 aliphatic rings. The van der Waals surface area contributed by atoms with Crippen LogP contribution in [0.25, 0.3) is 33.3 Å². The van der Waals surface area contributed by atoms with E-state index >= 15 is 0 Å². The van der Waals surface area contributed by atoms with Gasteiger partial charge in [-0.1, -0.05) is 66.7 Å². The van der Waals surface area contributed by atoms with Crippen LogP contribution in [0.4, 0.5) is 0 Å². The van der Waals surface area contributed by atoms with Gasteiger partial charge in [-0.25, -0.2) is 0 Å². The second kappa shape index (κ2) is 4.68. The van der Waals surface area contributed by atoms with Crippen molar-refractivity contribution in [3.8, 4) is 22.4 Å². The van der Waals surface area contributed by atoms with E-state index in [0.717, 1.165) is 33.3 Å². The van der Waals surface area contributed by atoms with Gasteiger partial charge in [0.25, 0.3) is 0 Å². The van der Waals surface area contributed by atoms with E-state index in [2.05, 4.69) is 48.0 Å². The van der Waals surface area contributed by atoms with E-state index < -0.39 is 0 Å². The minimum absolute atomic E-state index is 0.119. The van der Waals surface area contributed by atoms with Crippen LogP contribution in [0.2, 0.25) is 0 Å². The maximum Gasteiger partial charge on any atom is 0.194 e. The van der Waals surface area contributed by atoms with Crippen LogP contribution < -0.4 is 0 Å². The molecule has 0 atom stereocenters. The molecule has 0 amide bonds. The first-order chi connectivity index (χ1) is 11.8. The summed E-state index contributed by atoms with van der Waals surface area (Å²) in [5.74, 6) is 0.119. The lowest BCUT2D eigenvalue weighted by Crippen LogP contribution is -2.08. The van der Waals surface area contributed by atoms with Gasteiger partial charge in [-0.3, -0.25) is 4.79 Å². The Kier molecular flexibility index (Phi) is 2.60. The van der Waals surface area contributed by atoms with Crippen molar-refractivity contribution in [2.75, 3.05) is 0 Å². The lowest BCUT2D eigenvalue weighted by molar-refractivity contribution is 0.104. The number of aromatic nitrogens is 1. The molecule has 0 radical (unpaired) electrons. The second-order valence-electron chi connectivity index (χ2n) is 6.22. The van der Waals surface area contributed by atoms with Gasteiger partial charge in [-0.15, -0.1) is 0 Å². The van der Waals surface area contributed by atoms with E-state index in [-0.39, 0.29) is 5.78 Å². The number of rotatable bonds is 1. The van der Waals surface area contributed by atoms with Gasteiger partial charge in [0.2, 0.25) is 0 Å². The molecule has 4 aromatic rings. The van der Waals surface area contributed by atoms with Crippen LogP contribution in [0.3, 0.4) is 0 Å². The normalized spacial score (nSPS) is 12.5. The molecule has 0 saturated heterocycles. The smallest absolute Gasteiger partial charge is 0.194 e. The number of carbonyl (C=O) groups excluding carboxylic acids is 1. The van der Waals surface area contributed by atoms with Crippen LogP contribution in [-0.2, 0) is 7.05 Å². The Balaban J connectivity index is 2.03. The molecule has 1 heterocycles. The predicted octanol–water partition coefficient (Wildman–Crippen LogP) is 5.06. The number of ketones is 1. The fourth-order valence-electron chi connectivity index (χ4n) is 3.92. The standard InChI is InChI=1S/C22H15NO/c1-23-18-13-7-12-17-19(18)20(21(23)14-8-3-2-4-9-14)15-10-5-6-11-16(15)22(17)24/h2-13H,1H3. The number of nitrogens with zero attached hydrogens (tertiary/aromatic N) is 1. The minimum Gasteiger partial charge on any atom is -0.343 e. The minimum atomic E-state index is 0.119. The van der Waals surface area contributed by atoms with Crippen molar-refractivity contribution in [3.05, 3.63) is 83.9 Å². The van der Waals surface area contributed by atoms with Gasteiger partial charge in [-0.05, 0) is 17.2 Å². The van der Waals surface area contributed by atoms with Crippen LogP contribution >= 0.6 is 0 Å². The largest absolute Gasteiger partial charge is 0.343 e. The molecule has 0 unspecified atom stereocenters. The number of hydrogen-bond acceptors (Lipinski definition) is 1. The van der Waals surface area contributed by atoms with Gasteiger partial charge in [0.1, 0.15) is 0 Å². The first-order valence-corrected chi connectivity index (χ1v) is 8.08. The molecule has 5 rings (SSSR count). The molecule has 0 N–H and O–H groups in total. The van der Waals surface area contributed by atoms with Crippen molar-refractivity contribution < 1.29 is 4.79 Å². The van der Waals surface area contributed by atoms with E-state index in [1.54, 1.807) is 0 Å². The third-order valence-corrected chi connectivity index (χ3v) is 4.96. The van der Waals surface area contributed by atoms with Gasteiger partial charge >= 0.3 is 0 Å². The average molecular weight is 309 g/mol. The first kappa shape index (κ1) is 13.3. The lowest BCUT2D eigenvalue weighted by Gasteiger charge is -2.17. The molecule has 2 nitrogen and oxygen atoms in total. The van der Waals surface area contributed by atoms with E-state index in [1.807, 2.05) is 36.4 Å². The Hall–Kier alpha value is -3.13. The van der Waals surface area contributed by atoms with Gasteiger partial charge in [0.05, 0.1) is 5.69 Å². The van der Waals surface area contributed by atoms with Crippen LogP contribution in [0.1, 0.15) is 15.9 Å². The molecule has 114 valence electrons. The molecular formula is C22H15NO. The number of aryl methyl sites for hydroxylation is 1. The summed E-state index contributed by atoms with van der Waals surface area (Å²) in [5.41, 5.74) is 7.23. The highest BCUT2D eigenvalue weighted by Gasteiger charge is 2.30. The van der Waals surface area contributed by atoms with Crippen molar-refractivity contribution in [3.63, 3.8) is 0 Å². The summed E-state index contributed by atoms with van der Waals surface area (Å²) >= 11 is 0. The molecule has 1 aliphatic carbocycles. The van der Waals surface area contributed by atoms with Gasteiger partial charge < -0.3 is 4.57 Å². The van der Waals surface area contributed by atoms with E-state index in [4.69, 9.17) is 0 Å². The lowest BCUT2D eigenvalue weighted by atomic mass is 9.84. The molecular weight excluding hydrogens is 294 g/mol. The Morgan fingerprint density at radius 2 is 1.38 bits per heavy atom. The van der Waals surface area contributed by atoms with E-state index in [1.165, 1.54) is 11.1 Å². The van der Waals surface area contributed by atoms with E-state index in [0.29, 0.717) is 0 Å². The Bertz CT molecular complexity index is 1120. The van der Waals surface area contributed by atoms with Gasteiger partial charge in [0.15, 0.2) is 5.78 Å². The number of hydrogen-bond donors (Lipinski definition) is 0. The third kappa shape index (κ3) is 1.57. The Morgan fingerprint density at radius 1 is 0.708 bits per heavy atom. The topological polar surface area (TPSA) is 22.0 Å². The van der Waals surface area contributed by atoms with Gasteiger partial charge in [0, 0.05) is 34.6 Å². The summed E-state index contributed by atoms with van der Waals surface area (Å²) in [6, 6.07) is 24.3. The summed E-state index contributed by atoms with van der Waals surface area (Å²) in [7, 11) is 2.08. The maximum atomic E-state index is 12.9. The molecule has 0 aliphatic heterocycles. The molecule has 0 bridgehead atoms. The highest BCUT2D eigenvalue weighted by Crippen LogP contribution is 2.46. The van der Waals surface area contributed by atoms with Crippen LogP contribution in [-0.4, -0.2) is 10.4 Å². The van der Waals surface area contributed by atoms with E-state index in [9.17, 15) is 4.79 Å². The fraction of sp³-hybridized carbons (Fsp3) is 0.0455. The fourth-order valence-corrected chi connectivity index (χ4v) is 3.92. The van der Waals surface area contributed by atoms with Crippen molar-refractivity contribution in [2.45, 2.75) is 0 Å². The monoisotopic (exact) mass is 309 g/mol. The SMILES string of the molecule is Cn1c(-c2ccccc2)c2c3c(cccc31)C(=O)c1ccccc1-2. The highest BCUT2D eigenvalue weighted by atomic mass is 16.1. The summed E-state index contributed by atoms with van der Waals surface area (Å²) in [6.07, 6.45) is 0. The summed E-state index contributed by atoms with van der Waals surface area (Å²) in [6.45, 7) is 0. The van der Waals surface area contributed by atoms with Crippen molar-refractivity contribution in [1.82, 2.24) is 4.57 Å². The van der Waals surface area contributed by atoms with Crippen LogP contribution in [0.15, 0.2) is 72.8 Å². The quantitative estimate of drug-likeness (QED) is 0.424. The molecule has 3 aromatic carbocycles. The Labute approximate surface area is 140 Å². The zero-order chi connectivity index (χ0) is 16.3. The third-order valence-electron chi connectivity index (χ3n) is 4.96. The summed E-state index contributed by atoms with van der Waals surface area (Å²) in [4.78, 5) is 12.9. The van der Waals surface area contributed by atoms with Crippen LogP contribution in [0.5, 0.6) is 0 Å². The first-order valence-electron chi connectivity index (χ1n) is 8.08. The zero-order valence-electron chi connectivity index (χ0n) is 13.3. The molecule has 1 aromatic heterocycles. The van der Waals surface area contributed by atoms with Gasteiger partial charge in [-0.2, -0.15) is 0 Å². The molecule has 2 heteroatoms. The predicted molar refractivity (Wildman–Crippen MR) is 97.2 cm³/mol. The van der Waals surface area contributed by atoms with Crippen molar-refractivity contribution in [2.24, 2.45) is 7.05 Å². The number of benzene rings is 3. The molecule has 0 fully saturated rings. The summed E-state index contributed by atoms with van der Waals surface area (Å²) < 4.78 is 2.21. The molecule has 0 saturated carbocycles. The maximum absolute atomic E-state index is 12.9. The second-order valence-corrected chi connectivity index (χ2v) is 6.22. The summed E-state index contributed by atoms with van der Waals surface area (Å²) in [5, 5.41) is 1.07.